The Bertz CT molecular complexity index is 635. The summed E-state index contributed by atoms with van der Waals surface area (Å²) < 4.78 is 6.09. The van der Waals surface area contributed by atoms with Gasteiger partial charge in [0.1, 0.15) is 0 Å². The quantitative estimate of drug-likeness (QED) is 0.851. The van der Waals surface area contributed by atoms with Crippen LogP contribution in [0.3, 0.4) is 0 Å². The largest absolute Gasteiger partial charge is 0.464 e. The fourth-order valence-electron chi connectivity index (χ4n) is 1.94. The van der Waals surface area contributed by atoms with E-state index in [0.717, 1.165) is 5.56 Å². The van der Waals surface area contributed by atoms with Crippen molar-refractivity contribution in [2.45, 2.75) is 12.8 Å². The van der Waals surface area contributed by atoms with Gasteiger partial charge in [0.15, 0.2) is 5.69 Å². The number of aromatic nitrogens is 2. The summed E-state index contributed by atoms with van der Waals surface area (Å²) >= 11 is 0. The molecule has 0 fully saturated rings. The van der Waals surface area contributed by atoms with Gasteiger partial charge in [-0.25, -0.2) is 4.79 Å². The van der Waals surface area contributed by atoms with E-state index in [0.29, 0.717) is 18.5 Å². The Morgan fingerprint density at radius 1 is 1.29 bits per heavy atom. The number of esters is 1. The smallest absolute Gasteiger partial charge is 0.360 e. The minimum Gasteiger partial charge on any atom is -0.464 e. The van der Waals surface area contributed by atoms with Gasteiger partial charge in [0, 0.05) is 19.7 Å². The zero-order chi connectivity index (χ0) is 15.2. The number of carbonyl (C=O) groups excluding carboxylic acids is 2. The molecule has 1 N–H and O–H groups in total. The zero-order valence-electron chi connectivity index (χ0n) is 12.0. The lowest BCUT2D eigenvalue weighted by Crippen LogP contribution is -2.15. The van der Waals surface area contributed by atoms with Crippen molar-refractivity contribution in [3.8, 4) is 0 Å². The first-order valence-electron chi connectivity index (χ1n) is 6.56. The molecule has 1 heterocycles. The maximum Gasteiger partial charge on any atom is 0.360 e. The minimum atomic E-state index is -0.575. The number of ether oxygens (including phenoxy) is 1. The monoisotopic (exact) mass is 287 g/mol. The van der Waals surface area contributed by atoms with Crippen molar-refractivity contribution in [2.24, 2.45) is 7.05 Å². The van der Waals surface area contributed by atoms with Crippen LogP contribution in [0, 0.1) is 0 Å². The fraction of sp³-hybridized carbons (Fsp3) is 0.267. The first-order chi connectivity index (χ1) is 10.1. The molecule has 0 saturated heterocycles. The van der Waals surface area contributed by atoms with E-state index in [4.69, 9.17) is 0 Å². The molecule has 0 radical (unpaired) electrons. The number of methoxy groups -OCH3 is 1. The number of rotatable bonds is 5. The highest BCUT2D eigenvalue weighted by Gasteiger charge is 2.18. The van der Waals surface area contributed by atoms with E-state index in [1.807, 2.05) is 30.3 Å². The summed E-state index contributed by atoms with van der Waals surface area (Å²) in [4.78, 5) is 23.5. The molecule has 0 aliphatic carbocycles. The number of aryl methyl sites for hydroxylation is 2. The number of anilines is 1. The second-order valence-electron chi connectivity index (χ2n) is 4.59. The molecule has 0 saturated carbocycles. The van der Waals surface area contributed by atoms with Gasteiger partial charge in [-0.1, -0.05) is 30.3 Å². The van der Waals surface area contributed by atoms with E-state index in [9.17, 15) is 9.59 Å². The highest BCUT2D eigenvalue weighted by molar-refractivity contribution is 5.99. The number of nitrogens with one attached hydrogen (secondary N) is 1. The van der Waals surface area contributed by atoms with Gasteiger partial charge in [0.2, 0.25) is 5.91 Å². The van der Waals surface area contributed by atoms with Crippen LogP contribution in [-0.2, 0) is 23.0 Å². The lowest BCUT2D eigenvalue weighted by molar-refractivity contribution is -0.116. The molecule has 1 aromatic heterocycles. The van der Waals surface area contributed by atoms with Crippen molar-refractivity contribution in [1.29, 1.82) is 0 Å². The Morgan fingerprint density at radius 2 is 2.00 bits per heavy atom. The first kappa shape index (κ1) is 14.8. The van der Waals surface area contributed by atoms with Crippen molar-refractivity contribution in [3.63, 3.8) is 0 Å². The molecule has 0 unspecified atom stereocenters. The van der Waals surface area contributed by atoms with E-state index >= 15 is 0 Å². The molecule has 0 spiro atoms. The second-order valence-corrected chi connectivity index (χ2v) is 4.59. The zero-order valence-corrected chi connectivity index (χ0v) is 12.0. The fourth-order valence-corrected chi connectivity index (χ4v) is 1.94. The van der Waals surface area contributed by atoms with Crippen LogP contribution in [0.25, 0.3) is 0 Å². The summed E-state index contributed by atoms with van der Waals surface area (Å²) in [7, 11) is 2.95. The predicted octanol–water partition coefficient (Wildman–Crippen LogP) is 1.78. The van der Waals surface area contributed by atoms with Gasteiger partial charge in [-0.15, -0.1) is 0 Å². The predicted molar refractivity (Wildman–Crippen MR) is 77.9 cm³/mol. The van der Waals surface area contributed by atoms with Crippen molar-refractivity contribution in [1.82, 2.24) is 9.78 Å². The third-order valence-electron chi connectivity index (χ3n) is 2.97. The highest BCUT2D eigenvalue weighted by atomic mass is 16.5. The second kappa shape index (κ2) is 6.69. The number of nitrogens with zero attached hydrogens (tertiary/aromatic N) is 2. The summed E-state index contributed by atoms with van der Waals surface area (Å²) in [5, 5.41) is 6.67. The van der Waals surface area contributed by atoms with Crippen LogP contribution in [0.2, 0.25) is 0 Å². The van der Waals surface area contributed by atoms with Gasteiger partial charge >= 0.3 is 5.97 Å². The van der Waals surface area contributed by atoms with Crippen molar-refractivity contribution >= 4 is 17.6 Å². The molecular weight excluding hydrogens is 270 g/mol. The normalized spacial score (nSPS) is 10.2. The molecule has 2 aromatic rings. The van der Waals surface area contributed by atoms with Gasteiger partial charge in [0.25, 0.3) is 0 Å². The van der Waals surface area contributed by atoms with Gasteiger partial charge in [-0.2, -0.15) is 5.10 Å². The Labute approximate surface area is 122 Å². The molecular formula is C15H17N3O3. The number of hydrogen-bond donors (Lipinski definition) is 1. The van der Waals surface area contributed by atoms with E-state index in [2.05, 4.69) is 15.2 Å². The Morgan fingerprint density at radius 3 is 2.67 bits per heavy atom. The van der Waals surface area contributed by atoms with Crippen LogP contribution in [-0.4, -0.2) is 28.8 Å². The van der Waals surface area contributed by atoms with Crippen LogP contribution in [0.5, 0.6) is 0 Å². The number of carbonyl (C=O) groups is 2. The van der Waals surface area contributed by atoms with Gasteiger partial charge < -0.3 is 10.1 Å². The molecule has 21 heavy (non-hydrogen) atoms. The molecule has 1 amide bonds. The average Bonchev–Trinajstić information content (AvgIpc) is 2.86. The Hall–Kier alpha value is -2.63. The van der Waals surface area contributed by atoms with Gasteiger partial charge in [0.05, 0.1) is 12.8 Å². The van der Waals surface area contributed by atoms with Crippen LogP contribution in [0.4, 0.5) is 5.69 Å². The molecule has 1 aromatic carbocycles. The summed E-state index contributed by atoms with van der Waals surface area (Å²) in [6.07, 6.45) is 2.55. The number of hydrogen-bond acceptors (Lipinski definition) is 4. The van der Waals surface area contributed by atoms with E-state index in [1.54, 1.807) is 13.2 Å². The summed E-state index contributed by atoms with van der Waals surface area (Å²) in [6.45, 7) is 0. The van der Waals surface area contributed by atoms with E-state index in [1.165, 1.54) is 11.8 Å². The molecule has 0 bridgehead atoms. The van der Waals surface area contributed by atoms with Crippen LogP contribution >= 0.6 is 0 Å². The minimum absolute atomic E-state index is 0.105. The third-order valence-corrected chi connectivity index (χ3v) is 2.97. The lowest BCUT2D eigenvalue weighted by atomic mass is 10.1. The summed E-state index contributed by atoms with van der Waals surface area (Å²) in [5.74, 6) is -0.744. The summed E-state index contributed by atoms with van der Waals surface area (Å²) in [5.41, 5.74) is 1.56. The van der Waals surface area contributed by atoms with Crippen LogP contribution < -0.4 is 5.32 Å². The van der Waals surface area contributed by atoms with E-state index in [-0.39, 0.29) is 11.6 Å². The molecule has 2 rings (SSSR count). The Kier molecular flexibility index (Phi) is 4.71. The molecule has 6 heteroatoms. The SMILES string of the molecule is COC(=O)c1nn(C)cc1NC(=O)CCc1ccccc1. The van der Waals surface area contributed by atoms with Crippen molar-refractivity contribution in [2.75, 3.05) is 12.4 Å². The van der Waals surface area contributed by atoms with Crippen molar-refractivity contribution in [3.05, 3.63) is 47.8 Å². The lowest BCUT2D eigenvalue weighted by Gasteiger charge is -2.04. The number of amides is 1. The highest BCUT2D eigenvalue weighted by Crippen LogP contribution is 2.15. The van der Waals surface area contributed by atoms with Crippen LogP contribution in [0.15, 0.2) is 36.5 Å². The van der Waals surface area contributed by atoms with Gasteiger partial charge in [-0.05, 0) is 12.0 Å². The number of benzene rings is 1. The van der Waals surface area contributed by atoms with Crippen molar-refractivity contribution < 1.29 is 14.3 Å². The maximum atomic E-state index is 12.0. The average molecular weight is 287 g/mol. The summed E-state index contributed by atoms with van der Waals surface area (Å²) in [6, 6.07) is 9.74. The molecule has 6 nitrogen and oxygen atoms in total. The molecule has 0 aliphatic heterocycles. The molecule has 110 valence electrons. The first-order valence-corrected chi connectivity index (χ1v) is 6.56. The third kappa shape index (κ3) is 3.92. The standard InChI is InChI=1S/C15H17N3O3/c1-18-10-12(14(17-18)15(20)21-2)16-13(19)9-8-11-6-4-3-5-7-11/h3-7,10H,8-9H2,1-2H3,(H,16,19). The van der Waals surface area contributed by atoms with Gasteiger partial charge in [-0.3, -0.25) is 9.48 Å². The maximum absolute atomic E-state index is 12.0. The molecule has 0 atom stereocenters. The molecule has 0 aliphatic rings. The topological polar surface area (TPSA) is 73.2 Å². The Balaban J connectivity index is 1.98. The van der Waals surface area contributed by atoms with Crippen LogP contribution in [0.1, 0.15) is 22.5 Å². The van der Waals surface area contributed by atoms with E-state index < -0.39 is 5.97 Å².